The van der Waals surface area contributed by atoms with Crippen LogP contribution in [0.5, 0.6) is 0 Å². The monoisotopic (exact) mass is 140 g/mol. The van der Waals surface area contributed by atoms with E-state index in [-0.39, 0.29) is 0 Å². The summed E-state index contributed by atoms with van der Waals surface area (Å²) in [6.45, 7) is 3.89. The molecule has 0 saturated heterocycles. The van der Waals surface area contributed by atoms with Crippen LogP contribution >= 0.6 is 0 Å². The van der Waals surface area contributed by atoms with E-state index < -0.39 is 6.08 Å². The van der Waals surface area contributed by atoms with Gasteiger partial charge in [0.05, 0.1) is 0 Å². The summed E-state index contributed by atoms with van der Waals surface area (Å²) >= 11 is 0. The zero-order chi connectivity index (χ0) is 7.70. The molecule has 54 valence electrons. The van der Waals surface area contributed by atoms with Crippen molar-refractivity contribution in [3.63, 3.8) is 0 Å². The van der Waals surface area contributed by atoms with Crippen molar-refractivity contribution in [2.24, 2.45) is 0 Å². The molecule has 0 amide bonds. The molecule has 0 rings (SSSR count). The van der Waals surface area contributed by atoms with Crippen LogP contribution in [-0.2, 0) is 4.94 Å². The first kappa shape index (κ1) is 10.9. The lowest BCUT2D eigenvalue weighted by molar-refractivity contribution is -0.0619. The molecule has 4 heteroatoms. The van der Waals surface area contributed by atoms with Crippen molar-refractivity contribution in [3.8, 4) is 0 Å². The van der Waals surface area contributed by atoms with Gasteiger partial charge in [0.15, 0.2) is 0 Å². The van der Waals surface area contributed by atoms with Gasteiger partial charge in [-0.15, -0.1) is 0 Å². The molecular formula is C5H7F3O. The first-order valence-corrected chi connectivity index (χ1v) is 2.03. The molecule has 0 unspecified atom stereocenters. The fourth-order valence-corrected chi connectivity index (χ4v) is 0.0514. The van der Waals surface area contributed by atoms with Gasteiger partial charge in [-0.1, -0.05) is 0 Å². The molecule has 0 spiro atoms. The van der Waals surface area contributed by atoms with E-state index in [0.29, 0.717) is 0 Å². The van der Waals surface area contributed by atoms with Gasteiger partial charge in [-0.2, -0.15) is 8.78 Å². The summed E-state index contributed by atoms with van der Waals surface area (Å²) in [5, 5.41) is 0. The van der Waals surface area contributed by atoms with Gasteiger partial charge >= 0.3 is 0 Å². The minimum atomic E-state index is -1.83. The molecule has 0 aliphatic carbocycles. The quantitative estimate of drug-likeness (QED) is 0.509. The first-order chi connectivity index (χ1) is 4.15. The van der Waals surface area contributed by atoms with Gasteiger partial charge in [0, 0.05) is 4.53 Å². The van der Waals surface area contributed by atoms with E-state index in [0.717, 1.165) is 6.26 Å². The van der Waals surface area contributed by atoms with Crippen LogP contribution in [0.2, 0.25) is 0 Å². The van der Waals surface area contributed by atoms with Crippen LogP contribution in [0.15, 0.2) is 25.0 Å². The van der Waals surface area contributed by atoms with Gasteiger partial charge in [-0.25, -0.2) is 0 Å². The summed E-state index contributed by atoms with van der Waals surface area (Å²) in [6.07, 6.45) is 0.583. The van der Waals surface area contributed by atoms with Crippen LogP contribution in [0.4, 0.5) is 13.3 Å². The van der Waals surface area contributed by atoms with Crippen LogP contribution in [0, 0.1) is 0 Å². The SMILES string of the molecule is C=C(F)F.CC=COF. The Hall–Kier alpha value is -0.930. The molecule has 1 nitrogen and oxygen atoms in total. The minimum absolute atomic E-state index is 0.958. The summed E-state index contributed by atoms with van der Waals surface area (Å²) in [4.78, 5) is 3.01. The molecule has 0 atom stereocenters. The normalized spacial score (nSPS) is 8.00. The molecule has 0 radical (unpaired) electrons. The zero-order valence-electron chi connectivity index (χ0n) is 4.90. The molecule has 0 aromatic rings. The van der Waals surface area contributed by atoms with E-state index in [4.69, 9.17) is 0 Å². The van der Waals surface area contributed by atoms with Crippen LogP contribution in [0.1, 0.15) is 6.92 Å². The largest absolute Gasteiger partial charge is 0.303 e. The molecule has 0 aliphatic heterocycles. The average molecular weight is 140 g/mol. The van der Waals surface area contributed by atoms with Gasteiger partial charge in [-0.05, 0) is 19.6 Å². The maximum Gasteiger partial charge on any atom is 0.263 e. The van der Waals surface area contributed by atoms with E-state index >= 15 is 0 Å². The highest BCUT2D eigenvalue weighted by atomic mass is 19.3. The van der Waals surface area contributed by atoms with Crippen molar-refractivity contribution in [3.05, 3.63) is 25.0 Å². The van der Waals surface area contributed by atoms with Crippen LogP contribution in [0.25, 0.3) is 0 Å². The molecule has 0 fully saturated rings. The summed E-state index contributed by atoms with van der Waals surface area (Å²) in [5.74, 6) is 0. The highest BCUT2D eigenvalue weighted by molar-refractivity contribution is 4.62. The number of hydrogen-bond donors (Lipinski definition) is 0. The lowest BCUT2D eigenvalue weighted by Crippen LogP contribution is -1.47. The third kappa shape index (κ3) is 159. The van der Waals surface area contributed by atoms with Gasteiger partial charge < -0.3 is 4.94 Å². The third-order valence-corrected chi connectivity index (χ3v) is 0.188. The fraction of sp³-hybridized carbons (Fsp3) is 0.200. The Bertz CT molecular complexity index is 86.2. The standard InChI is InChI=1S/C3H5FO.C2H2F2/c1-2-3-5-4;1-2(3)4/h2-3H,1H3;1H2. The second-order valence-electron chi connectivity index (χ2n) is 0.897. The Morgan fingerprint density at radius 1 is 1.56 bits per heavy atom. The predicted octanol–water partition coefficient (Wildman–Crippen LogP) is 2.82. The number of allylic oxidation sites excluding steroid dienone is 1. The third-order valence-electron chi connectivity index (χ3n) is 0.188. The number of rotatable bonds is 1. The lowest BCUT2D eigenvalue weighted by atomic mass is 10.8. The van der Waals surface area contributed by atoms with Crippen molar-refractivity contribution in [2.45, 2.75) is 6.92 Å². The van der Waals surface area contributed by atoms with Crippen molar-refractivity contribution in [1.29, 1.82) is 0 Å². The molecule has 0 aromatic heterocycles. The molecule has 0 N–H and O–H groups in total. The zero-order valence-corrected chi connectivity index (χ0v) is 4.90. The van der Waals surface area contributed by atoms with Gasteiger partial charge in [0.2, 0.25) is 0 Å². The Morgan fingerprint density at radius 2 is 1.89 bits per heavy atom. The van der Waals surface area contributed by atoms with Crippen molar-refractivity contribution in [2.75, 3.05) is 0 Å². The van der Waals surface area contributed by atoms with Crippen LogP contribution in [-0.4, -0.2) is 0 Å². The van der Waals surface area contributed by atoms with Crippen LogP contribution < -0.4 is 0 Å². The van der Waals surface area contributed by atoms with E-state index in [1.54, 1.807) is 6.92 Å². The summed E-state index contributed by atoms with van der Waals surface area (Å²) < 4.78 is 30.7. The fourth-order valence-electron chi connectivity index (χ4n) is 0.0514. The maximum absolute atomic E-state index is 10.4. The van der Waals surface area contributed by atoms with Gasteiger partial charge in [0.1, 0.15) is 6.26 Å². The van der Waals surface area contributed by atoms with E-state index in [2.05, 4.69) is 11.5 Å². The second kappa shape index (κ2) is 10.1. The van der Waals surface area contributed by atoms with E-state index in [9.17, 15) is 13.3 Å². The van der Waals surface area contributed by atoms with Gasteiger partial charge in [-0.3, -0.25) is 0 Å². The second-order valence-corrected chi connectivity index (χ2v) is 0.897. The Morgan fingerprint density at radius 3 is 1.89 bits per heavy atom. The predicted molar refractivity (Wildman–Crippen MR) is 28.4 cm³/mol. The smallest absolute Gasteiger partial charge is 0.263 e. The van der Waals surface area contributed by atoms with Crippen molar-refractivity contribution in [1.82, 2.24) is 0 Å². The maximum atomic E-state index is 10.4. The molecule has 0 heterocycles. The molecular weight excluding hydrogens is 133 g/mol. The van der Waals surface area contributed by atoms with Crippen molar-refractivity contribution >= 4 is 0 Å². The lowest BCUT2D eigenvalue weighted by Gasteiger charge is -1.67. The molecule has 0 aromatic carbocycles. The highest BCUT2D eigenvalue weighted by Gasteiger charge is 1.65. The average Bonchev–Trinajstić information content (AvgIpc) is 1.66. The summed E-state index contributed by atoms with van der Waals surface area (Å²) in [5.41, 5.74) is 0. The Kier molecular flexibility index (Phi) is 12.3. The first-order valence-electron chi connectivity index (χ1n) is 2.03. The molecule has 9 heavy (non-hydrogen) atoms. The topological polar surface area (TPSA) is 9.23 Å². The summed E-state index contributed by atoms with van der Waals surface area (Å²) in [6, 6.07) is 0. The van der Waals surface area contributed by atoms with Crippen molar-refractivity contribution < 1.29 is 18.2 Å². The molecule has 0 saturated carbocycles. The number of hydrogen-bond acceptors (Lipinski definition) is 1. The Balaban J connectivity index is 0. The minimum Gasteiger partial charge on any atom is -0.303 e. The van der Waals surface area contributed by atoms with E-state index in [1.807, 2.05) is 0 Å². The van der Waals surface area contributed by atoms with Gasteiger partial charge in [0.25, 0.3) is 6.08 Å². The molecule has 0 aliphatic rings. The summed E-state index contributed by atoms with van der Waals surface area (Å²) in [7, 11) is 0. The Labute approximate surface area is 51.3 Å². The van der Waals surface area contributed by atoms with Crippen LogP contribution in [0.3, 0.4) is 0 Å². The number of halogens is 3. The van der Waals surface area contributed by atoms with E-state index in [1.165, 1.54) is 6.08 Å². The molecule has 0 bridgehead atoms. The highest BCUT2D eigenvalue weighted by Crippen LogP contribution is 1.85.